The normalized spacial score (nSPS) is 10.8. The summed E-state index contributed by atoms with van der Waals surface area (Å²) in [6.07, 6.45) is 1.48. The third-order valence-corrected chi connectivity index (χ3v) is 8.60. The minimum atomic E-state index is -0.593. The van der Waals surface area contributed by atoms with E-state index in [0.29, 0.717) is 22.8 Å². The van der Waals surface area contributed by atoms with E-state index in [0.717, 1.165) is 39.5 Å². The second-order valence-electron chi connectivity index (χ2n) is 10.3. The van der Waals surface area contributed by atoms with E-state index >= 15 is 0 Å². The van der Waals surface area contributed by atoms with Gasteiger partial charge in [-0.05, 0) is 47.4 Å². The highest BCUT2D eigenvalue weighted by molar-refractivity contribution is 7.16. The summed E-state index contributed by atoms with van der Waals surface area (Å²) in [4.78, 5) is 47.1. The van der Waals surface area contributed by atoms with Gasteiger partial charge in [-0.2, -0.15) is 4.98 Å². The van der Waals surface area contributed by atoms with Gasteiger partial charge in [0, 0.05) is 28.6 Å². The van der Waals surface area contributed by atoms with Crippen molar-refractivity contribution in [2.24, 2.45) is 0 Å². The third kappa shape index (κ3) is 6.81. The Labute approximate surface area is 269 Å². The van der Waals surface area contributed by atoms with Crippen molar-refractivity contribution in [3.05, 3.63) is 100 Å². The molecule has 0 bridgehead atoms. The lowest BCUT2D eigenvalue weighted by molar-refractivity contribution is 0.0955. The van der Waals surface area contributed by atoms with Crippen molar-refractivity contribution < 1.29 is 32.8 Å². The van der Waals surface area contributed by atoms with Crippen LogP contribution in [0.1, 0.15) is 38.1 Å². The van der Waals surface area contributed by atoms with Gasteiger partial charge in [0.05, 0.1) is 27.3 Å². The van der Waals surface area contributed by atoms with Gasteiger partial charge in [0.15, 0.2) is 23.6 Å². The molecule has 0 spiro atoms. The van der Waals surface area contributed by atoms with Crippen LogP contribution in [0.2, 0.25) is 0 Å². The number of aromatic nitrogens is 2. The monoisotopic (exact) mass is 642 g/mol. The number of urea groups is 1. The molecule has 2 heterocycles. The summed E-state index contributed by atoms with van der Waals surface area (Å²) in [5.74, 6) is -0.668. The first-order valence-electron chi connectivity index (χ1n) is 14.3. The zero-order chi connectivity index (χ0) is 32.8. The van der Waals surface area contributed by atoms with Gasteiger partial charge >= 0.3 is 12.1 Å². The minimum Gasteiger partial charge on any atom is -0.494 e. The van der Waals surface area contributed by atoms with Crippen LogP contribution in [0.25, 0.3) is 22.5 Å². The van der Waals surface area contributed by atoms with Crippen LogP contribution < -0.4 is 14.4 Å². The summed E-state index contributed by atoms with van der Waals surface area (Å²) < 4.78 is 29.1. The van der Waals surface area contributed by atoms with Crippen molar-refractivity contribution in [3.63, 3.8) is 0 Å². The first kappa shape index (κ1) is 32.0. The fourth-order valence-corrected chi connectivity index (χ4v) is 5.92. The maximum absolute atomic E-state index is 13.9. The highest BCUT2D eigenvalue weighted by atomic mass is 32.1. The molecular formula is C34H31FN4O6S. The summed E-state index contributed by atoms with van der Waals surface area (Å²) in [5, 5.41) is 4.50. The molecule has 2 amide bonds. The Kier molecular flexibility index (Phi) is 9.87. The van der Waals surface area contributed by atoms with Gasteiger partial charge in [-0.25, -0.2) is 9.18 Å². The van der Waals surface area contributed by atoms with Crippen molar-refractivity contribution in [2.75, 3.05) is 32.7 Å². The van der Waals surface area contributed by atoms with Crippen LogP contribution in [-0.2, 0) is 13.0 Å². The van der Waals surface area contributed by atoms with Crippen LogP contribution >= 0.6 is 11.3 Å². The van der Waals surface area contributed by atoms with Crippen molar-refractivity contribution >= 4 is 34.4 Å². The first-order valence-corrected chi connectivity index (χ1v) is 15.1. The zero-order valence-corrected chi connectivity index (χ0v) is 26.5. The van der Waals surface area contributed by atoms with Gasteiger partial charge in [0.2, 0.25) is 5.82 Å². The second kappa shape index (κ2) is 14.2. The largest absolute Gasteiger partial charge is 0.494 e. The number of aldehydes is 1. The third-order valence-electron chi connectivity index (χ3n) is 7.28. The first-order chi connectivity index (χ1) is 22.3. The lowest BCUT2D eigenvalue weighted by atomic mass is 9.98. The average Bonchev–Trinajstić information content (AvgIpc) is 3.74. The number of benzene rings is 3. The molecule has 0 aliphatic carbocycles. The number of thiophene rings is 1. The van der Waals surface area contributed by atoms with E-state index in [2.05, 4.69) is 10.1 Å². The zero-order valence-electron chi connectivity index (χ0n) is 25.7. The Morgan fingerprint density at radius 3 is 2.39 bits per heavy atom. The van der Waals surface area contributed by atoms with E-state index in [1.54, 1.807) is 6.07 Å². The fraction of sp³-hybridized carbons (Fsp3) is 0.206. The quantitative estimate of drug-likeness (QED) is 0.106. The number of ketones is 1. The molecule has 12 heteroatoms. The number of Topliss-reactive ketones (excluding diaryl/α,β-unsaturated/α-hetero) is 1. The molecule has 2 aromatic heterocycles. The second-order valence-corrected chi connectivity index (χ2v) is 11.4. The molecule has 46 heavy (non-hydrogen) atoms. The number of ether oxygens (including phenoxy) is 2. The van der Waals surface area contributed by atoms with Crippen LogP contribution in [0.3, 0.4) is 0 Å². The van der Waals surface area contributed by atoms with Gasteiger partial charge in [0.1, 0.15) is 5.00 Å². The van der Waals surface area contributed by atoms with E-state index < -0.39 is 17.6 Å². The maximum Gasteiger partial charge on any atom is 0.417 e. The number of amides is 2. The highest BCUT2D eigenvalue weighted by Crippen LogP contribution is 2.35. The summed E-state index contributed by atoms with van der Waals surface area (Å²) in [5.41, 5.74) is 3.90. The standard InChI is InChI=1S/C34H31FN4O6S/c1-5-25-16-24(20-40)32(46-25)39(34(42)38(2)19-29(41)23-14-15-28(35)30(17-23)43-3)18-21-10-12-22(13-11-21)26-8-6-7-9-27(26)31-36-33(44-4)45-37-31/h6-17,20H,5,18-19H2,1-4H3. The summed E-state index contributed by atoms with van der Waals surface area (Å²) >= 11 is 1.35. The van der Waals surface area contributed by atoms with E-state index in [4.69, 9.17) is 14.0 Å². The highest BCUT2D eigenvalue weighted by Gasteiger charge is 2.27. The molecule has 0 atom stereocenters. The van der Waals surface area contributed by atoms with Crippen molar-refractivity contribution in [2.45, 2.75) is 19.9 Å². The van der Waals surface area contributed by atoms with Crippen LogP contribution in [0.4, 0.5) is 14.2 Å². The smallest absolute Gasteiger partial charge is 0.417 e. The number of likely N-dealkylation sites (N-methyl/N-ethyl adjacent to an activating group) is 1. The summed E-state index contributed by atoms with van der Waals surface area (Å²) in [6.45, 7) is 1.83. The number of halogens is 1. The van der Waals surface area contributed by atoms with Crippen molar-refractivity contribution in [1.82, 2.24) is 15.0 Å². The number of aryl methyl sites for hydroxylation is 1. The predicted molar refractivity (Wildman–Crippen MR) is 172 cm³/mol. The van der Waals surface area contributed by atoms with Gasteiger partial charge in [-0.15, -0.1) is 11.3 Å². The van der Waals surface area contributed by atoms with Gasteiger partial charge in [-0.3, -0.25) is 19.0 Å². The SMILES string of the molecule is CCc1cc(C=O)c(N(Cc2ccc(-c3ccccc3-c3noc(OC)n3)cc2)C(=O)N(C)CC(=O)c2ccc(F)c(OC)c2)s1. The number of nitrogens with zero attached hydrogens (tertiary/aromatic N) is 4. The number of carbonyl (C=O) groups is 3. The molecule has 0 fully saturated rings. The maximum atomic E-state index is 13.9. The molecule has 0 radical (unpaired) electrons. The number of hydrogen-bond donors (Lipinski definition) is 0. The molecule has 0 aliphatic rings. The Balaban J connectivity index is 1.42. The van der Waals surface area contributed by atoms with E-state index in [-0.39, 0.29) is 30.5 Å². The molecule has 0 N–H and O–H groups in total. The van der Waals surface area contributed by atoms with Crippen LogP contribution in [-0.4, -0.2) is 61.0 Å². The molecule has 5 rings (SSSR count). The number of carbonyl (C=O) groups excluding carboxylic acids is 3. The van der Waals surface area contributed by atoms with Crippen LogP contribution in [0.5, 0.6) is 11.8 Å². The molecule has 10 nitrogen and oxygen atoms in total. The Morgan fingerprint density at radius 1 is 1.00 bits per heavy atom. The lowest BCUT2D eigenvalue weighted by Gasteiger charge is -2.27. The number of methoxy groups -OCH3 is 2. The lowest BCUT2D eigenvalue weighted by Crippen LogP contribution is -2.43. The Morgan fingerprint density at radius 2 is 1.74 bits per heavy atom. The van der Waals surface area contributed by atoms with Gasteiger partial charge in [-0.1, -0.05) is 60.6 Å². The van der Waals surface area contributed by atoms with E-state index in [9.17, 15) is 18.8 Å². The number of hydrogen-bond acceptors (Lipinski definition) is 9. The molecule has 0 saturated heterocycles. The molecule has 0 unspecified atom stereocenters. The van der Waals surface area contributed by atoms with E-state index in [1.807, 2.05) is 55.5 Å². The molecule has 236 valence electrons. The molecule has 3 aromatic carbocycles. The van der Waals surface area contributed by atoms with Crippen LogP contribution in [0, 0.1) is 5.82 Å². The molecule has 5 aromatic rings. The minimum absolute atomic E-state index is 0.0588. The predicted octanol–water partition coefficient (Wildman–Crippen LogP) is 6.94. The topological polar surface area (TPSA) is 115 Å². The summed E-state index contributed by atoms with van der Waals surface area (Å²) in [6, 6.07) is 20.4. The fourth-order valence-electron chi connectivity index (χ4n) is 4.86. The molecule has 0 aliphatic heterocycles. The van der Waals surface area contributed by atoms with Crippen molar-refractivity contribution in [3.8, 4) is 34.3 Å². The van der Waals surface area contributed by atoms with Gasteiger partial charge < -0.3 is 14.4 Å². The van der Waals surface area contributed by atoms with Gasteiger partial charge in [0.25, 0.3) is 0 Å². The number of anilines is 1. The number of rotatable bonds is 12. The van der Waals surface area contributed by atoms with Crippen LogP contribution in [0.15, 0.2) is 77.3 Å². The summed E-state index contributed by atoms with van der Waals surface area (Å²) in [7, 11) is 4.27. The Hall–Kier alpha value is -5.36. The van der Waals surface area contributed by atoms with E-state index in [1.165, 1.54) is 54.5 Å². The molecular weight excluding hydrogens is 611 g/mol. The average molecular weight is 643 g/mol. The Bertz CT molecular complexity index is 1870. The molecule has 0 saturated carbocycles. The van der Waals surface area contributed by atoms with Crippen molar-refractivity contribution in [1.29, 1.82) is 0 Å².